The highest BCUT2D eigenvalue weighted by atomic mass is 35.5. The van der Waals surface area contributed by atoms with Crippen LogP contribution in [0.5, 0.6) is 0 Å². The number of hydrogen-bond donors (Lipinski definition) is 5. The minimum Gasteiger partial charge on any atom is -0.341 e. The minimum atomic E-state index is -4.78. The first-order chi connectivity index (χ1) is 18.7. The molecule has 1 saturated heterocycles. The highest BCUT2D eigenvalue weighted by Gasteiger charge is 2.38. The summed E-state index contributed by atoms with van der Waals surface area (Å²) in [4.78, 5) is 18.5. The molecule has 5 N–H and O–H groups in total. The maximum absolute atomic E-state index is 13.4. The number of alkyl halides is 3. The van der Waals surface area contributed by atoms with Gasteiger partial charge in [0.2, 0.25) is 15.9 Å². The predicted molar refractivity (Wildman–Crippen MR) is 144 cm³/mol. The molecule has 3 aromatic carbocycles. The zero-order chi connectivity index (χ0) is 28.9. The smallest absolute Gasteiger partial charge is 0.341 e. The van der Waals surface area contributed by atoms with Crippen molar-refractivity contribution in [3.05, 3.63) is 94.3 Å². The zero-order valence-corrected chi connectivity index (χ0v) is 22.7. The van der Waals surface area contributed by atoms with Gasteiger partial charge in [0, 0.05) is 0 Å². The number of fused-ring (bicyclic) bond motifs is 1. The number of amides is 1. The Balaban J connectivity index is 1.48. The summed E-state index contributed by atoms with van der Waals surface area (Å²) in [6.45, 7) is 0. The number of sulfonamides is 1. The average molecular weight is 615 g/mol. The van der Waals surface area contributed by atoms with Crippen molar-refractivity contribution >= 4 is 49.3 Å². The van der Waals surface area contributed by atoms with E-state index in [0.717, 1.165) is 6.07 Å². The van der Waals surface area contributed by atoms with Crippen LogP contribution in [0.4, 0.5) is 13.2 Å². The van der Waals surface area contributed by atoms with Crippen molar-refractivity contribution < 1.29 is 35.5 Å². The molecular weight excluding hydrogens is 593 g/mol. The van der Waals surface area contributed by atoms with Crippen LogP contribution in [0.3, 0.4) is 0 Å². The summed E-state index contributed by atoms with van der Waals surface area (Å²) in [5.41, 5.74) is 1.11. The summed E-state index contributed by atoms with van der Waals surface area (Å²) >= 11 is 6.02. The van der Waals surface area contributed by atoms with Crippen LogP contribution in [0.1, 0.15) is 40.2 Å². The van der Waals surface area contributed by atoms with E-state index in [9.17, 15) is 35.5 Å². The second-order valence-electron chi connectivity index (χ2n) is 9.21. The highest BCUT2D eigenvalue weighted by molar-refractivity contribution is 8.23. The van der Waals surface area contributed by atoms with Crippen LogP contribution in [-0.4, -0.2) is 33.4 Å². The largest absolute Gasteiger partial charge is 0.416 e. The number of carbonyl (C=O) groups excluding carboxylic acids is 1. The van der Waals surface area contributed by atoms with E-state index in [2.05, 4.69) is 19.4 Å². The lowest BCUT2D eigenvalue weighted by atomic mass is 10.0. The van der Waals surface area contributed by atoms with Gasteiger partial charge in [-0.25, -0.2) is 18.1 Å². The lowest BCUT2D eigenvalue weighted by Crippen LogP contribution is -2.31. The molecule has 0 radical (unpaired) electrons. The van der Waals surface area contributed by atoms with E-state index in [1.807, 2.05) is 0 Å². The van der Waals surface area contributed by atoms with E-state index in [4.69, 9.17) is 11.6 Å². The lowest BCUT2D eigenvalue weighted by molar-refractivity contribution is -0.137. The Kier molecular flexibility index (Phi) is 7.35. The van der Waals surface area contributed by atoms with Gasteiger partial charge in [0.05, 0.1) is 34.1 Å². The molecule has 1 aliphatic rings. The number of aromatic amines is 1. The van der Waals surface area contributed by atoms with Gasteiger partial charge in [-0.2, -0.15) is 13.2 Å². The van der Waals surface area contributed by atoms with Crippen LogP contribution in [0.2, 0.25) is 5.02 Å². The fourth-order valence-electron chi connectivity index (χ4n) is 4.44. The van der Waals surface area contributed by atoms with E-state index in [1.165, 1.54) is 0 Å². The summed E-state index contributed by atoms with van der Waals surface area (Å²) < 4.78 is 91.6. The molecule has 1 fully saturated rings. The lowest BCUT2D eigenvalue weighted by Gasteiger charge is -2.32. The molecule has 15 heteroatoms. The second kappa shape index (κ2) is 10.4. The molecule has 9 nitrogen and oxygen atoms in total. The molecule has 2 atom stereocenters. The summed E-state index contributed by atoms with van der Waals surface area (Å²) in [7, 11) is -7.93. The van der Waals surface area contributed by atoms with Crippen molar-refractivity contribution in [3.63, 3.8) is 0 Å². The third-order valence-electron chi connectivity index (χ3n) is 6.41. The van der Waals surface area contributed by atoms with Crippen molar-refractivity contribution in [3.8, 4) is 0 Å². The number of benzene rings is 3. The molecule has 0 bridgehead atoms. The van der Waals surface area contributed by atoms with Crippen molar-refractivity contribution in [2.75, 3.05) is 0 Å². The first-order valence-electron chi connectivity index (χ1n) is 11.7. The fraction of sp³-hybridized carbons (Fsp3) is 0.200. The molecule has 5 rings (SSSR count). The van der Waals surface area contributed by atoms with Gasteiger partial charge in [0.15, 0.2) is 0 Å². The van der Waals surface area contributed by atoms with Gasteiger partial charge in [-0.15, -0.1) is 10.8 Å². The number of nitrogens with zero attached hydrogens (tertiary/aromatic N) is 1. The number of carbonyl (C=O) groups is 1. The molecule has 4 aromatic rings. The van der Waals surface area contributed by atoms with E-state index in [-0.39, 0.29) is 23.7 Å². The summed E-state index contributed by atoms with van der Waals surface area (Å²) in [5.74, 6) is -0.265. The predicted octanol–water partition coefficient (Wildman–Crippen LogP) is 5.72. The molecule has 1 unspecified atom stereocenters. The number of rotatable bonds is 7. The average Bonchev–Trinajstić information content (AvgIpc) is 3.42. The van der Waals surface area contributed by atoms with Crippen LogP contribution in [0.25, 0.3) is 11.0 Å². The molecule has 1 amide bonds. The van der Waals surface area contributed by atoms with Gasteiger partial charge >= 0.3 is 6.18 Å². The molecular formula is C25H22ClF3N4O5S2. The van der Waals surface area contributed by atoms with Crippen molar-refractivity contribution in [2.45, 2.75) is 35.2 Å². The highest BCUT2D eigenvalue weighted by Crippen LogP contribution is 2.56. The van der Waals surface area contributed by atoms with Gasteiger partial charge in [-0.05, 0) is 47.9 Å². The van der Waals surface area contributed by atoms with Gasteiger partial charge in [0.1, 0.15) is 16.0 Å². The van der Waals surface area contributed by atoms with Crippen LogP contribution in [0.15, 0.2) is 71.6 Å². The summed E-state index contributed by atoms with van der Waals surface area (Å²) in [6.07, 6.45) is -4.86. The number of para-hydroxylation sites is 2. The molecule has 2 heterocycles. The minimum absolute atomic E-state index is 0.0218. The van der Waals surface area contributed by atoms with Crippen LogP contribution >= 0.6 is 22.4 Å². The second-order valence-corrected chi connectivity index (χ2v) is 13.3. The third kappa shape index (κ3) is 5.82. The molecule has 1 aliphatic heterocycles. The van der Waals surface area contributed by atoms with Crippen molar-refractivity contribution in [1.29, 1.82) is 0 Å². The van der Waals surface area contributed by atoms with Gasteiger partial charge in [-0.3, -0.25) is 18.6 Å². The number of H-pyrrole nitrogens is 1. The first kappa shape index (κ1) is 28.4. The molecule has 40 heavy (non-hydrogen) atoms. The van der Waals surface area contributed by atoms with E-state index in [1.54, 1.807) is 48.5 Å². The number of nitrogens with one attached hydrogen (secondary N) is 3. The number of aromatic nitrogens is 2. The molecule has 0 aliphatic carbocycles. The molecule has 0 spiro atoms. The first-order valence-corrected chi connectivity index (χ1v) is 15.2. The maximum Gasteiger partial charge on any atom is 0.416 e. The van der Waals surface area contributed by atoms with Crippen LogP contribution in [-0.2, 0) is 27.4 Å². The molecule has 0 saturated carbocycles. The Bertz CT molecular complexity index is 1660. The van der Waals surface area contributed by atoms with Gasteiger partial charge in [-0.1, -0.05) is 48.0 Å². The van der Waals surface area contributed by atoms with Gasteiger partial charge < -0.3 is 4.98 Å². The maximum atomic E-state index is 13.4. The van der Waals surface area contributed by atoms with Gasteiger partial charge in [0.25, 0.3) is 0 Å². The van der Waals surface area contributed by atoms with Crippen LogP contribution in [0, 0.1) is 0 Å². The summed E-state index contributed by atoms with van der Waals surface area (Å²) in [5, 5.41) is -1.21. The zero-order valence-electron chi connectivity index (χ0n) is 20.3. The topological polar surface area (TPSA) is 144 Å². The number of imidazole rings is 1. The Morgan fingerprint density at radius 1 is 1.10 bits per heavy atom. The Morgan fingerprint density at radius 3 is 2.42 bits per heavy atom. The van der Waals surface area contributed by atoms with Crippen LogP contribution < -0.4 is 9.44 Å². The number of halogens is 4. The normalized spacial score (nSPS) is 18.9. The molecule has 1 aromatic heterocycles. The Labute approximate surface area is 233 Å². The Morgan fingerprint density at radius 2 is 1.80 bits per heavy atom. The number of hydrogen-bond acceptors (Lipinski definition) is 6. The Hall–Kier alpha value is -3.14. The SMILES string of the molecule is O=C1CC(c2ccc(C[C@H](NS(=O)(=O)c3cc(C(F)(F)F)ccc3Cl)c3nc4ccccc4[nH]3)cc2)S(O)(O)N1. The van der Waals surface area contributed by atoms with E-state index >= 15 is 0 Å². The van der Waals surface area contributed by atoms with E-state index in [0.29, 0.717) is 34.3 Å². The van der Waals surface area contributed by atoms with Crippen molar-refractivity contribution in [2.24, 2.45) is 0 Å². The third-order valence-corrected chi connectivity index (χ3v) is 10.1. The standard InChI is InChI=1S/C25H22ClF3N4O5S2/c26-17-10-9-16(25(27,28)29)12-22(17)40(37,38)32-20(24-30-18-3-1-2-4-19(18)31-24)11-14-5-7-15(8-6-14)21-13-23(34)33-39(21,35)36/h1-10,12,20-21,32,35-36H,11,13H2,(H,30,31)(H,33,34)/t20-,21?/m0/s1. The summed E-state index contributed by atoms with van der Waals surface area (Å²) in [6, 6.07) is 14.4. The van der Waals surface area contributed by atoms with E-state index < -0.39 is 54.6 Å². The fourth-order valence-corrected chi connectivity index (χ4v) is 7.65. The monoisotopic (exact) mass is 614 g/mol. The quantitative estimate of drug-likeness (QED) is 0.180. The van der Waals surface area contributed by atoms with Crippen molar-refractivity contribution in [1.82, 2.24) is 19.4 Å². The molecule has 212 valence electrons.